The summed E-state index contributed by atoms with van der Waals surface area (Å²) in [6.45, 7) is 10.3. The lowest BCUT2D eigenvalue weighted by atomic mass is 9.73. The Kier molecular flexibility index (Phi) is 10.1. The fourth-order valence-electron chi connectivity index (χ4n) is 5.18. The van der Waals surface area contributed by atoms with Crippen molar-refractivity contribution >= 4 is 5.97 Å². The SMILES string of the molecule is CC.CCCNCC(C)CC[C@@H]1[C@H]2Cc3cccc(OCC(=O)O)c3C[C@H]2C[C@H]1O.[HH]. The second-order valence-electron chi connectivity index (χ2n) is 8.76. The summed E-state index contributed by atoms with van der Waals surface area (Å²) in [6, 6.07) is 5.96. The number of aliphatic hydroxyl groups excluding tert-OH is 1. The predicted molar refractivity (Wildman–Crippen MR) is 123 cm³/mol. The number of aliphatic hydroxyl groups is 1. The normalized spacial score (nSPS) is 25.5. The van der Waals surface area contributed by atoms with E-state index in [0.717, 1.165) is 57.2 Å². The fourth-order valence-corrected chi connectivity index (χ4v) is 5.18. The number of benzene rings is 1. The van der Waals surface area contributed by atoms with Crippen molar-refractivity contribution in [3.05, 3.63) is 29.3 Å². The summed E-state index contributed by atoms with van der Waals surface area (Å²) in [5.41, 5.74) is 2.41. The van der Waals surface area contributed by atoms with Gasteiger partial charge in [-0.15, -0.1) is 0 Å². The number of hydrogen-bond acceptors (Lipinski definition) is 4. The van der Waals surface area contributed by atoms with Gasteiger partial charge in [-0.1, -0.05) is 39.8 Å². The highest BCUT2D eigenvalue weighted by atomic mass is 16.5. The van der Waals surface area contributed by atoms with E-state index >= 15 is 0 Å². The molecule has 2 aliphatic carbocycles. The third-order valence-corrected chi connectivity index (χ3v) is 6.61. The van der Waals surface area contributed by atoms with Crippen molar-refractivity contribution in [1.82, 2.24) is 5.32 Å². The largest absolute Gasteiger partial charge is 0.482 e. The number of hydrogen-bond donors (Lipinski definition) is 3. The summed E-state index contributed by atoms with van der Waals surface area (Å²) < 4.78 is 5.52. The number of carbonyl (C=O) groups is 1. The van der Waals surface area contributed by atoms with Crippen LogP contribution in [0.5, 0.6) is 5.75 Å². The highest BCUT2D eigenvalue weighted by molar-refractivity contribution is 5.68. The van der Waals surface area contributed by atoms with Crippen LogP contribution in [0.25, 0.3) is 0 Å². The molecule has 0 aliphatic heterocycles. The van der Waals surface area contributed by atoms with E-state index in [9.17, 15) is 9.90 Å². The van der Waals surface area contributed by atoms with Crippen LogP contribution >= 0.6 is 0 Å². The Labute approximate surface area is 183 Å². The molecule has 5 nitrogen and oxygen atoms in total. The molecule has 3 rings (SSSR count). The molecule has 0 heterocycles. The van der Waals surface area contributed by atoms with Crippen molar-refractivity contribution < 1.29 is 21.2 Å². The summed E-state index contributed by atoms with van der Waals surface area (Å²) in [6.07, 6.45) is 5.88. The van der Waals surface area contributed by atoms with Crippen LogP contribution in [0, 0.1) is 23.7 Å². The number of ether oxygens (including phenoxy) is 1. The van der Waals surface area contributed by atoms with Crippen LogP contribution in [0.1, 0.15) is 65.9 Å². The topological polar surface area (TPSA) is 78.8 Å². The van der Waals surface area contributed by atoms with Crippen molar-refractivity contribution in [2.24, 2.45) is 23.7 Å². The molecule has 2 aliphatic rings. The first-order valence-corrected chi connectivity index (χ1v) is 11.8. The highest BCUT2D eigenvalue weighted by Crippen LogP contribution is 2.48. The molecular formula is C25H43NO4. The molecule has 30 heavy (non-hydrogen) atoms. The van der Waals surface area contributed by atoms with Gasteiger partial charge in [-0.2, -0.15) is 0 Å². The van der Waals surface area contributed by atoms with Gasteiger partial charge in [-0.05, 0) is 92.5 Å². The number of carboxylic acid groups (broad SMARTS) is 1. The molecular weight excluding hydrogens is 378 g/mol. The zero-order chi connectivity index (χ0) is 22.1. The number of rotatable bonds is 10. The molecule has 1 aromatic carbocycles. The monoisotopic (exact) mass is 421 g/mol. The van der Waals surface area contributed by atoms with Crippen LogP contribution in [0.4, 0.5) is 0 Å². The van der Waals surface area contributed by atoms with E-state index in [4.69, 9.17) is 9.84 Å². The lowest BCUT2D eigenvalue weighted by molar-refractivity contribution is -0.139. The van der Waals surface area contributed by atoms with Crippen LogP contribution in [-0.2, 0) is 17.6 Å². The van der Waals surface area contributed by atoms with Gasteiger partial charge in [-0.25, -0.2) is 4.79 Å². The Balaban J connectivity index is 0.00000156. The van der Waals surface area contributed by atoms with Crippen LogP contribution in [0.15, 0.2) is 18.2 Å². The van der Waals surface area contributed by atoms with Gasteiger partial charge in [0, 0.05) is 1.43 Å². The Morgan fingerprint density at radius 3 is 2.80 bits per heavy atom. The second-order valence-corrected chi connectivity index (χ2v) is 8.76. The van der Waals surface area contributed by atoms with Gasteiger partial charge >= 0.3 is 5.97 Å². The van der Waals surface area contributed by atoms with Crippen LogP contribution in [0.3, 0.4) is 0 Å². The second kappa shape index (κ2) is 12.3. The Bertz CT molecular complexity index is 669. The van der Waals surface area contributed by atoms with Crippen LogP contribution < -0.4 is 10.1 Å². The van der Waals surface area contributed by atoms with Gasteiger partial charge in [0.2, 0.25) is 0 Å². The van der Waals surface area contributed by atoms with Crippen molar-refractivity contribution in [3.63, 3.8) is 0 Å². The summed E-state index contributed by atoms with van der Waals surface area (Å²) >= 11 is 0. The minimum atomic E-state index is -0.954. The standard InChI is InChI=1S/C23H35NO4.C2H6.H2/c1-3-9-24-13-15(2)7-8-18-19-10-16-5-4-6-22(28-14-23(26)27)20(16)11-17(19)12-21(18)25;1-2;/h4-6,15,17-19,21,24-25H,3,7-14H2,1-2H3,(H,26,27);1-2H3;1H/t15?,17-,18+,19-,21+;;/m0../s1. The van der Waals surface area contributed by atoms with Gasteiger partial charge in [0.15, 0.2) is 6.61 Å². The first kappa shape index (κ1) is 24.7. The molecule has 0 amide bonds. The lowest BCUT2D eigenvalue weighted by Crippen LogP contribution is -2.28. The Morgan fingerprint density at radius 1 is 1.33 bits per heavy atom. The predicted octanol–water partition coefficient (Wildman–Crippen LogP) is 4.55. The number of fused-ring (bicyclic) bond motifs is 2. The average molecular weight is 422 g/mol. The van der Waals surface area contributed by atoms with E-state index in [-0.39, 0.29) is 14.1 Å². The summed E-state index contributed by atoms with van der Waals surface area (Å²) in [5.74, 6) is 1.74. The van der Waals surface area contributed by atoms with Crippen molar-refractivity contribution in [1.29, 1.82) is 0 Å². The maximum absolute atomic E-state index is 10.9. The van der Waals surface area contributed by atoms with Crippen molar-refractivity contribution in [2.75, 3.05) is 19.7 Å². The van der Waals surface area contributed by atoms with E-state index in [1.807, 2.05) is 26.0 Å². The number of aliphatic carboxylic acids is 1. The lowest BCUT2D eigenvalue weighted by Gasteiger charge is -2.32. The van der Waals surface area contributed by atoms with Gasteiger partial charge < -0.3 is 20.3 Å². The molecule has 3 N–H and O–H groups in total. The molecule has 0 bridgehead atoms. The summed E-state index contributed by atoms with van der Waals surface area (Å²) in [5, 5.41) is 23.2. The van der Waals surface area contributed by atoms with Crippen LogP contribution in [0.2, 0.25) is 0 Å². The molecule has 0 aromatic heterocycles. The molecule has 5 atom stereocenters. The number of carboxylic acids is 1. The van der Waals surface area contributed by atoms with E-state index < -0.39 is 5.97 Å². The Morgan fingerprint density at radius 2 is 2.10 bits per heavy atom. The third-order valence-electron chi connectivity index (χ3n) is 6.61. The summed E-state index contributed by atoms with van der Waals surface area (Å²) in [4.78, 5) is 10.9. The van der Waals surface area contributed by atoms with Gasteiger partial charge in [0.1, 0.15) is 5.75 Å². The van der Waals surface area contributed by atoms with E-state index in [1.165, 1.54) is 5.56 Å². The van der Waals surface area contributed by atoms with Crippen molar-refractivity contribution in [2.45, 2.75) is 72.3 Å². The Hall–Kier alpha value is -1.59. The molecule has 1 saturated carbocycles. The molecule has 1 aromatic rings. The average Bonchev–Trinajstić information content (AvgIpc) is 3.04. The molecule has 0 radical (unpaired) electrons. The molecule has 0 saturated heterocycles. The molecule has 1 unspecified atom stereocenters. The smallest absolute Gasteiger partial charge is 0.341 e. The number of nitrogens with one attached hydrogen (secondary N) is 1. The van der Waals surface area contributed by atoms with Gasteiger partial charge in [0.05, 0.1) is 6.10 Å². The zero-order valence-corrected chi connectivity index (χ0v) is 19.2. The fraction of sp³-hybridized carbons (Fsp3) is 0.720. The molecule has 5 heteroatoms. The third kappa shape index (κ3) is 6.45. The van der Waals surface area contributed by atoms with E-state index in [2.05, 4.69) is 25.2 Å². The maximum atomic E-state index is 10.9. The minimum absolute atomic E-state index is 0. The quantitative estimate of drug-likeness (QED) is 0.483. The maximum Gasteiger partial charge on any atom is 0.341 e. The first-order chi connectivity index (χ1) is 14.5. The minimum Gasteiger partial charge on any atom is -0.482 e. The molecule has 1 fully saturated rings. The van der Waals surface area contributed by atoms with E-state index in [1.54, 1.807) is 0 Å². The van der Waals surface area contributed by atoms with Gasteiger partial charge in [0.25, 0.3) is 0 Å². The molecule has 0 spiro atoms. The summed E-state index contributed by atoms with van der Waals surface area (Å²) in [7, 11) is 0. The first-order valence-electron chi connectivity index (χ1n) is 11.8. The van der Waals surface area contributed by atoms with Crippen molar-refractivity contribution in [3.8, 4) is 5.75 Å². The van der Waals surface area contributed by atoms with Gasteiger partial charge in [-0.3, -0.25) is 0 Å². The molecule has 172 valence electrons. The highest BCUT2D eigenvalue weighted by Gasteiger charge is 2.44. The zero-order valence-electron chi connectivity index (χ0n) is 19.2. The van der Waals surface area contributed by atoms with E-state index in [0.29, 0.717) is 29.4 Å². The van der Waals surface area contributed by atoms with Crippen LogP contribution in [-0.4, -0.2) is 42.0 Å².